The number of fused-ring (bicyclic) bond motifs is 7. The number of carbonyl (C=O) groups is 3. The number of H-pyrrole nitrogens is 1. The molecule has 4 heterocycles. The molecule has 2 bridgehead atoms. The van der Waals surface area contributed by atoms with Crippen molar-refractivity contribution in [1.29, 1.82) is 0 Å². The van der Waals surface area contributed by atoms with Gasteiger partial charge in [-0.1, -0.05) is 18.4 Å². The first-order valence-corrected chi connectivity index (χ1v) is 19.0. The molecule has 8 rings (SSSR count). The number of benzene rings is 2. The van der Waals surface area contributed by atoms with E-state index in [-0.39, 0.29) is 79.3 Å². The van der Waals surface area contributed by atoms with E-state index in [0.717, 1.165) is 53.3 Å². The molecular weight excluding hydrogens is 678 g/mol. The lowest BCUT2D eigenvalue weighted by Gasteiger charge is -2.35. The highest BCUT2D eigenvalue weighted by Gasteiger charge is 2.49. The van der Waals surface area contributed by atoms with Gasteiger partial charge in [-0.3, -0.25) is 9.59 Å². The molecule has 5 aliphatic rings. The van der Waals surface area contributed by atoms with Gasteiger partial charge in [-0.15, -0.1) is 0 Å². The molecule has 2 fully saturated rings. The normalized spacial score (nSPS) is 25.5. The van der Waals surface area contributed by atoms with Crippen molar-refractivity contribution >= 4 is 34.5 Å². The van der Waals surface area contributed by atoms with Crippen molar-refractivity contribution < 1.29 is 48.7 Å². The predicted molar refractivity (Wildman–Crippen MR) is 195 cm³/mol. The van der Waals surface area contributed by atoms with Crippen LogP contribution >= 0.6 is 0 Å². The van der Waals surface area contributed by atoms with Gasteiger partial charge in [0.25, 0.3) is 0 Å². The molecule has 1 aromatic heterocycles. The zero-order valence-electron chi connectivity index (χ0n) is 30.3. The van der Waals surface area contributed by atoms with E-state index in [1.165, 1.54) is 0 Å². The van der Waals surface area contributed by atoms with E-state index >= 15 is 0 Å². The van der Waals surface area contributed by atoms with Gasteiger partial charge in [-0.05, 0) is 93.0 Å². The summed E-state index contributed by atoms with van der Waals surface area (Å²) >= 11 is 0. The maximum atomic E-state index is 13.9. The van der Waals surface area contributed by atoms with E-state index in [2.05, 4.69) is 17.1 Å². The summed E-state index contributed by atoms with van der Waals surface area (Å²) in [7, 11) is 0. The molecule has 2 aliphatic carbocycles. The molecule has 2 saturated carbocycles. The second-order valence-electron chi connectivity index (χ2n) is 15.4. The van der Waals surface area contributed by atoms with Crippen molar-refractivity contribution in [3.8, 4) is 17.2 Å². The lowest BCUT2D eigenvalue weighted by molar-refractivity contribution is -0.141. The number of hydrogen-bond donors (Lipinski definition) is 4. The van der Waals surface area contributed by atoms with Crippen LogP contribution in [0.3, 0.4) is 0 Å². The van der Waals surface area contributed by atoms with Crippen molar-refractivity contribution in [2.75, 3.05) is 19.8 Å². The summed E-state index contributed by atoms with van der Waals surface area (Å²) in [6.45, 7) is 2.92. The Balaban J connectivity index is 1.38. The van der Waals surface area contributed by atoms with Crippen LogP contribution in [-0.2, 0) is 38.6 Å². The molecule has 0 amide bonds. The summed E-state index contributed by atoms with van der Waals surface area (Å²) in [6.07, 6.45) is 7.87. The monoisotopic (exact) mass is 725 g/mol. The standard InChI is InChI=1S/C42H47NO10/c1-3-50-41(48)40-30(19-45)35-25-10-11-33(47)28(15-25)27-14-24-12-13-43-32(24)16-23(27)9-8-22(18-44)21-51-38-29-17-34(42(2,49)26-6-4-5-7-26)52-37(29)31(20-46)39(53-40)36(35)38/h12-14,16,19,22,26,28,34,43-44,46,49H,3-11,15,17-18,20-21H2,1-2H3/b35-25-/t22-,28+,34+,42+/m1/s1. The fraction of sp³-hybridized carbons (Fsp3) is 0.500. The number of aromatic amines is 1. The van der Waals surface area contributed by atoms with Gasteiger partial charge in [0.05, 0.1) is 36.5 Å². The van der Waals surface area contributed by atoms with Crippen LogP contribution in [0.2, 0.25) is 0 Å². The van der Waals surface area contributed by atoms with Crippen molar-refractivity contribution in [3.63, 3.8) is 0 Å². The quantitative estimate of drug-likeness (QED) is 0.180. The molecular formula is C42H47NO10. The Morgan fingerprint density at radius 3 is 2.62 bits per heavy atom. The Morgan fingerprint density at radius 2 is 1.89 bits per heavy atom. The van der Waals surface area contributed by atoms with Gasteiger partial charge in [-0.2, -0.15) is 0 Å². The minimum atomic E-state index is -1.19. The van der Waals surface area contributed by atoms with Crippen LogP contribution in [0.1, 0.15) is 98.9 Å². The summed E-state index contributed by atoms with van der Waals surface area (Å²) in [5.74, 6) is -1.09. The van der Waals surface area contributed by atoms with Crippen LogP contribution < -0.4 is 14.2 Å². The smallest absolute Gasteiger partial charge is 0.375 e. The number of allylic oxidation sites excluding steroid dienone is 3. The Bertz CT molecular complexity index is 2050. The number of aromatic nitrogens is 1. The number of esters is 1. The number of Topliss-reactive ketones (excluding diaryl/α,β-unsaturated/α-hetero) is 1. The number of ether oxygens (including phenoxy) is 4. The molecule has 0 unspecified atom stereocenters. The average molecular weight is 726 g/mol. The number of carbonyl (C=O) groups excluding carboxylic acids is 3. The molecule has 53 heavy (non-hydrogen) atoms. The number of aliphatic hydroxyl groups is 3. The van der Waals surface area contributed by atoms with Gasteiger partial charge >= 0.3 is 5.97 Å². The van der Waals surface area contributed by atoms with Crippen LogP contribution in [0.5, 0.6) is 17.2 Å². The molecule has 11 heteroatoms. The zero-order valence-corrected chi connectivity index (χ0v) is 30.3. The molecule has 3 aliphatic heterocycles. The van der Waals surface area contributed by atoms with Crippen molar-refractivity contribution in [2.45, 2.75) is 102 Å². The lowest BCUT2D eigenvalue weighted by Crippen LogP contribution is -2.47. The minimum absolute atomic E-state index is 0.0175. The van der Waals surface area contributed by atoms with Crippen molar-refractivity contribution in [3.05, 3.63) is 69.1 Å². The highest BCUT2D eigenvalue weighted by Crippen LogP contribution is 2.57. The van der Waals surface area contributed by atoms with Crippen LogP contribution in [0.4, 0.5) is 0 Å². The third kappa shape index (κ3) is 5.97. The minimum Gasteiger partial charge on any atom is -0.492 e. The van der Waals surface area contributed by atoms with Gasteiger partial charge in [0.2, 0.25) is 5.76 Å². The SMILES string of the molecule is CCOC(=O)C1=C(C=O)/C2=C3\CCC(=O)[C@@H](C3)c3cc4cc[nH]c4cc3CC[C@H](CO)COc3c4c(c(CO)c(c32)O1)O[C@H]([C@@](C)(O)C1CCCC1)C4. The molecule has 2 aromatic carbocycles. The highest BCUT2D eigenvalue weighted by molar-refractivity contribution is 6.11. The third-order valence-electron chi connectivity index (χ3n) is 12.3. The largest absolute Gasteiger partial charge is 0.492 e. The van der Waals surface area contributed by atoms with E-state index in [0.29, 0.717) is 53.7 Å². The van der Waals surface area contributed by atoms with E-state index in [1.807, 2.05) is 19.2 Å². The lowest BCUT2D eigenvalue weighted by atomic mass is 9.74. The number of aliphatic hydroxyl groups excluding tert-OH is 2. The van der Waals surface area contributed by atoms with Gasteiger partial charge in [0, 0.05) is 54.1 Å². The first kappa shape index (κ1) is 35.6. The zero-order chi connectivity index (χ0) is 37.0. The van der Waals surface area contributed by atoms with E-state index in [1.54, 1.807) is 6.92 Å². The van der Waals surface area contributed by atoms with E-state index in [4.69, 9.17) is 18.9 Å². The molecule has 0 radical (unpaired) electrons. The molecule has 4 atom stereocenters. The fourth-order valence-corrected chi connectivity index (χ4v) is 9.38. The fourth-order valence-electron chi connectivity index (χ4n) is 9.38. The van der Waals surface area contributed by atoms with Crippen LogP contribution in [0.25, 0.3) is 16.5 Å². The summed E-state index contributed by atoms with van der Waals surface area (Å²) in [4.78, 5) is 44.0. The Hall–Kier alpha value is -4.45. The summed E-state index contributed by atoms with van der Waals surface area (Å²) in [5.41, 5.74) is 4.13. The second kappa shape index (κ2) is 14.1. The number of aldehydes is 1. The van der Waals surface area contributed by atoms with E-state index < -0.39 is 30.2 Å². The molecule has 11 nitrogen and oxygen atoms in total. The molecule has 4 N–H and O–H groups in total. The number of ketones is 1. The van der Waals surface area contributed by atoms with Gasteiger partial charge in [0.1, 0.15) is 34.7 Å². The van der Waals surface area contributed by atoms with Crippen LogP contribution in [-0.4, -0.2) is 69.9 Å². The molecule has 0 spiro atoms. The van der Waals surface area contributed by atoms with Crippen LogP contribution in [0.15, 0.2) is 41.3 Å². The number of nitrogens with one attached hydrogen (secondary N) is 1. The maximum absolute atomic E-state index is 13.9. The molecule has 3 aromatic rings. The van der Waals surface area contributed by atoms with Gasteiger partial charge in [-0.25, -0.2) is 4.79 Å². The number of hydrogen-bond acceptors (Lipinski definition) is 10. The van der Waals surface area contributed by atoms with Crippen molar-refractivity contribution in [2.24, 2.45) is 11.8 Å². The molecule has 280 valence electrons. The molecule has 0 saturated heterocycles. The first-order chi connectivity index (χ1) is 25.7. The number of rotatable bonds is 7. The predicted octanol–water partition coefficient (Wildman–Crippen LogP) is 5.54. The Labute approximate surface area is 308 Å². The van der Waals surface area contributed by atoms with Crippen LogP contribution in [0, 0.1) is 11.8 Å². The number of aryl methyl sites for hydroxylation is 1. The van der Waals surface area contributed by atoms with Gasteiger partial charge < -0.3 is 39.3 Å². The maximum Gasteiger partial charge on any atom is 0.375 e. The summed E-state index contributed by atoms with van der Waals surface area (Å²) in [6, 6.07) is 6.12. The van der Waals surface area contributed by atoms with Gasteiger partial charge in [0.15, 0.2) is 6.29 Å². The highest BCUT2D eigenvalue weighted by atomic mass is 16.6. The summed E-state index contributed by atoms with van der Waals surface area (Å²) < 4.78 is 25.1. The van der Waals surface area contributed by atoms with E-state index in [9.17, 15) is 29.7 Å². The Kier molecular flexibility index (Phi) is 9.45. The third-order valence-corrected chi connectivity index (χ3v) is 12.3. The topological polar surface area (TPSA) is 165 Å². The second-order valence-corrected chi connectivity index (χ2v) is 15.4. The first-order valence-electron chi connectivity index (χ1n) is 19.0. The Morgan fingerprint density at radius 1 is 1.08 bits per heavy atom. The average Bonchev–Trinajstić information content (AvgIpc) is 3.96. The van der Waals surface area contributed by atoms with Crippen molar-refractivity contribution in [1.82, 2.24) is 4.98 Å². The summed E-state index contributed by atoms with van der Waals surface area (Å²) in [5, 5.41) is 34.6.